The lowest BCUT2D eigenvalue weighted by Gasteiger charge is -2.16. The first-order chi connectivity index (χ1) is 9.52. The maximum atomic E-state index is 11.8. The fraction of sp³-hybridized carbons (Fsp3) is 0.357. The van der Waals surface area contributed by atoms with E-state index in [-0.39, 0.29) is 18.9 Å². The van der Waals surface area contributed by atoms with Crippen LogP contribution in [0.5, 0.6) is 0 Å². The van der Waals surface area contributed by atoms with Gasteiger partial charge in [-0.25, -0.2) is 4.79 Å². The zero-order valence-corrected chi connectivity index (χ0v) is 11.0. The average molecular weight is 277 g/mol. The lowest BCUT2D eigenvalue weighted by Crippen LogP contribution is -2.25. The van der Waals surface area contributed by atoms with Crippen molar-refractivity contribution in [2.24, 2.45) is 5.92 Å². The maximum absolute atomic E-state index is 11.8. The molecule has 0 spiro atoms. The van der Waals surface area contributed by atoms with E-state index >= 15 is 0 Å². The van der Waals surface area contributed by atoms with Gasteiger partial charge in [-0.3, -0.25) is 9.59 Å². The summed E-state index contributed by atoms with van der Waals surface area (Å²) in [6.07, 6.45) is 0.00889. The van der Waals surface area contributed by atoms with Crippen LogP contribution >= 0.6 is 0 Å². The van der Waals surface area contributed by atoms with Crippen molar-refractivity contribution in [3.05, 3.63) is 29.8 Å². The second-order valence-corrected chi connectivity index (χ2v) is 4.51. The summed E-state index contributed by atoms with van der Waals surface area (Å²) in [4.78, 5) is 35.6. The first kappa shape index (κ1) is 14.0. The number of carbonyl (C=O) groups excluding carboxylic acids is 2. The largest absolute Gasteiger partial charge is 0.481 e. The summed E-state index contributed by atoms with van der Waals surface area (Å²) < 4.78 is 4.87. The number of hydrogen-bond acceptors (Lipinski definition) is 4. The second-order valence-electron chi connectivity index (χ2n) is 4.51. The highest BCUT2D eigenvalue weighted by Crippen LogP contribution is 2.25. The predicted octanol–water partition coefficient (Wildman–Crippen LogP) is 1.30. The van der Waals surface area contributed by atoms with Crippen molar-refractivity contribution >= 4 is 23.5 Å². The second kappa shape index (κ2) is 5.73. The van der Waals surface area contributed by atoms with E-state index in [1.807, 2.05) is 0 Å². The van der Waals surface area contributed by atoms with Gasteiger partial charge in [0.25, 0.3) is 0 Å². The molecular weight excluding hydrogens is 262 g/mol. The fourth-order valence-electron chi connectivity index (χ4n) is 2.11. The smallest absolute Gasteiger partial charge is 0.338 e. The van der Waals surface area contributed by atoms with Crippen LogP contribution in [0.4, 0.5) is 5.69 Å². The van der Waals surface area contributed by atoms with E-state index in [9.17, 15) is 14.4 Å². The molecule has 0 bridgehead atoms. The van der Waals surface area contributed by atoms with Gasteiger partial charge in [-0.15, -0.1) is 0 Å². The number of carboxylic acids is 1. The van der Waals surface area contributed by atoms with Crippen LogP contribution in [0.15, 0.2) is 24.3 Å². The first-order valence-electron chi connectivity index (χ1n) is 6.33. The molecule has 0 saturated carbocycles. The highest BCUT2D eigenvalue weighted by atomic mass is 16.5. The maximum Gasteiger partial charge on any atom is 0.338 e. The molecule has 6 nitrogen and oxygen atoms in total. The molecule has 20 heavy (non-hydrogen) atoms. The molecule has 0 unspecified atom stereocenters. The molecule has 1 aliphatic rings. The molecule has 1 aromatic rings. The van der Waals surface area contributed by atoms with Crippen molar-refractivity contribution in [2.45, 2.75) is 13.3 Å². The van der Waals surface area contributed by atoms with Crippen molar-refractivity contribution in [3.63, 3.8) is 0 Å². The Morgan fingerprint density at radius 1 is 1.35 bits per heavy atom. The molecule has 1 aliphatic heterocycles. The summed E-state index contributed by atoms with van der Waals surface area (Å²) in [5, 5.41) is 8.93. The third-order valence-electron chi connectivity index (χ3n) is 3.16. The van der Waals surface area contributed by atoms with Gasteiger partial charge in [0.15, 0.2) is 0 Å². The first-order valence-corrected chi connectivity index (χ1v) is 6.33. The minimum atomic E-state index is -0.969. The van der Waals surface area contributed by atoms with Crippen molar-refractivity contribution in [2.75, 3.05) is 18.1 Å². The zero-order valence-electron chi connectivity index (χ0n) is 11.0. The highest BCUT2D eigenvalue weighted by Gasteiger charge is 2.34. The number of aliphatic carboxylic acids is 1. The molecule has 1 fully saturated rings. The Bertz CT molecular complexity index is 537. The summed E-state index contributed by atoms with van der Waals surface area (Å²) in [6, 6.07) is 6.37. The zero-order chi connectivity index (χ0) is 14.7. The molecule has 6 heteroatoms. The number of esters is 1. The number of anilines is 1. The average Bonchev–Trinajstić information content (AvgIpc) is 2.81. The lowest BCUT2D eigenvalue weighted by atomic mass is 10.1. The van der Waals surface area contributed by atoms with Gasteiger partial charge in [0, 0.05) is 18.7 Å². The Kier molecular flexibility index (Phi) is 4.02. The Balaban J connectivity index is 2.12. The summed E-state index contributed by atoms with van der Waals surface area (Å²) in [6.45, 7) is 2.18. The molecule has 1 N–H and O–H groups in total. The molecular formula is C14H15NO5. The van der Waals surface area contributed by atoms with Gasteiger partial charge in [-0.05, 0) is 31.2 Å². The minimum Gasteiger partial charge on any atom is -0.481 e. The fourth-order valence-corrected chi connectivity index (χ4v) is 2.11. The van der Waals surface area contributed by atoms with Crippen molar-refractivity contribution in [1.82, 2.24) is 0 Å². The Morgan fingerprint density at radius 3 is 2.50 bits per heavy atom. The van der Waals surface area contributed by atoms with Crippen LogP contribution in [0.1, 0.15) is 23.7 Å². The SMILES string of the molecule is CCOC(=O)c1ccc(N2C[C@@H](C(=O)O)CC2=O)cc1. The highest BCUT2D eigenvalue weighted by molar-refractivity contribution is 5.99. The van der Waals surface area contributed by atoms with E-state index < -0.39 is 17.9 Å². The molecule has 0 aromatic heterocycles. The molecule has 1 heterocycles. The van der Waals surface area contributed by atoms with Gasteiger partial charge in [0.2, 0.25) is 5.91 Å². The molecule has 0 radical (unpaired) electrons. The van der Waals surface area contributed by atoms with Gasteiger partial charge < -0.3 is 14.7 Å². The Morgan fingerprint density at radius 2 is 2.00 bits per heavy atom. The van der Waals surface area contributed by atoms with Crippen molar-refractivity contribution in [3.8, 4) is 0 Å². The van der Waals surface area contributed by atoms with Crippen molar-refractivity contribution < 1.29 is 24.2 Å². The summed E-state index contributed by atoms with van der Waals surface area (Å²) in [7, 11) is 0. The van der Waals surface area contributed by atoms with Crippen molar-refractivity contribution in [1.29, 1.82) is 0 Å². The molecule has 0 aliphatic carbocycles. The molecule has 1 amide bonds. The van der Waals surface area contributed by atoms with Gasteiger partial charge >= 0.3 is 11.9 Å². The number of benzene rings is 1. The van der Waals surface area contributed by atoms with Gasteiger partial charge in [0.05, 0.1) is 18.1 Å². The van der Waals surface area contributed by atoms with E-state index in [0.29, 0.717) is 17.9 Å². The van der Waals surface area contributed by atoms with E-state index in [0.717, 1.165) is 0 Å². The summed E-state index contributed by atoms with van der Waals surface area (Å²) >= 11 is 0. The predicted molar refractivity (Wildman–Crippen MR) is 70.5 cm³/mol. The number of rotatable bonds is 4. The third-order valence-corrected chi connectivity index (χ3v) is 3.16. The molecule has 1 saturated heterocycles. The van der Waals surface area contributed by atoms with Crippen LogP contribution < -0.4 is 4.90 Å². The van der Waals surface area contributed by atoms with Crippen LogP contribution in [-0.2, 0) is 14.3 Å². The van der Waals surface area contributed by atoms with Gasteiger partial charge in [0.1, 0.15) is 0 Å². The number of nitrogens with zero attached hydrogens (tertiary/aromatic N) is 1. The quantitative estimate of drug-likeness (QED) is 0.839. The van der Waals surface area contributed by atoms with Crippen LogP contribution in [-0.4, -0.2) is 36.1 Å². The summed E-state index contributed by atoms with van der Waals surface area (Å²) in [5.74, 6) is -2.28. The minimum absolute atomic E-state index is 0.00889. The number of ether oxygens (including phenoxy) is 1. The molecule has 2 rings (SSSR count). The third kappa shape index (κ3) is 2.79. The van der Waals surface area contributed by atoms with Crippen LogP contribution in [0.25, 0.3) is 0 Å². The van der Waals surface area contributed by atoms with E-state index in [1.165, 1.54) is 4.90 Å². The number of hydrogen-bond donors (Lipinski definition) is 1. The standard InChI is InChI=1S/C14H15NO5/c1-2-20-14(19)9-3-5-11(6-4-9)15-8-10(13(17)18)7-12(15)16/h3-6,10H,2,7-8H2,1H3,(H,17,18)/t10-/m0/s1. The van der Waals surface area contributed by atoms with E-state index in [2.05, 4.69) is 0 Å². The van der Waals surface area contributed by atoms with Crippen LogP contribution in [0.3, 0.4) is 0 Å². The Hall–Kier alpha value is -2.37. The number of amides is 1. The van der Waals surface area contributed by atoms with Gasteiger partial charge in [-0.1, -0.05) is 0 Å². The monoisotopic (exact) mass is 277 g/mol. The van der Waals surface area contributed by atoms with E-state index in [4.69, 9.17) is 9.84 Å². The lowest BCUT2D eigenvalue weighted by molar-refractivity contribution is -0.141. The Labute approximate surface area is 115 Å². The molecule has 106 valence electrons. The number of carboxylic acid groups (broad SMARTS) is 1. The van der Waals surface area contributed by atoms with E-state index in [1.54, 1.807) is 31.2 Å². The topological polar surface area (TPSA) is 83.9 Å². The summed E-state index contributed by atoms with van der Waals surface area (Å²) in [5.41, 5.74) is 0.990. The van der Waals surface area contributed by atoms with Crippen LogP contribution in [0.2, 0.25) is 0 Å². The molecule has 1 atom stereocenters. The molecule has 1 aromatic carbocycles. The van der Waals surface area contributed by atoms with Gasteiger partial charge in [-0.2, -0.15) is 0 Å². The normalized spacial score (nSPS) is 18.1. The van der Waals surface area contributed by atoms with Crippen LogP contribution in [0, 0.1) is 5.92 Å². The number of carbonyl (C=O) groups is 3.